The fraction of sp³-hybridized carbons (Fsp3) is 0.333. The molecule has 0 spiro atoms. The Morgan fingerprint density at radius 1 is 1.19 bits per heavy atom. The third-order valence-electron chi connectivity index (χ3n) is 6.35. The summed E-state index contributed by atoms with van der Waals surface area (Å²) in [5, 5.41) is 4.10. The molecular formula is C27H30ClN5O3. The molecule has 0 bridgehead atoms. The summed E-state index contributed by atoms with van der Waals surface area (Å²) in [4.78, 5) is 26.0. The maximum atomic E-state index is 12.8. The zero-order valence-corrected chi connectivity index (χ0v) is 21.0. The summed E-state index contributed by atoms with van der Waals surface area (Å²) in [6.07, 6.45) is 2.42. The summed E-state index contributed by atoms with van der Waals surface area (Å²) in [5.74, 6) is 1.30. The number of H-pyrrole nitrogens is 2. The quantitative estimate of drug-likeness (QED) is 0.313. The van der Waals surface area contributed by atoms with Crippen molar-refractivity contribution in [3.8, 4) is 17.1 Å². The van der Waals surface area contributed by atoms with Gasteiger partial charge in [0.1, 0.15) is 23.7 Å². The van der Waals surface area contributed by atoms with Crippen molar-refractivity contribution in [2.45, 2.75) is 13.3 Å². The van der Waals surface area contributed by atoms with Gasteiger partial charge in [0.25, 0.3) is 5.56 Å². The molecule has 0 saturated carbocycles. The number of benzene rings is 2. The number of aromatic amines is 2. The van der Waals surface area contributed by atoms with E-state index in [4.69, 9.17) is 26.1 Å². The SMILES string of the molecule is Cc1cc(OCCN2CCOCC2)cc2[nH]c(-c3c(NCCc4cccc(Cl)c4)cc[nH]c3=O)nc12. The smallest absolute Gasteiger partial charge is 0.261 e. The number of halogens is 1. The number of imidazole rings is 1. The number of nitrogens with one attached hydrogen (secondary N) is 3. The minimum atomic E-state index is -0.207. The summed E-state index contributed by atoms with van der Waals surface area (Å²) in [5.41, 5.74) is 4.76. The molecule has 3 N–H and O–H groups in total. The van der Waals surface area contributed by atoms with Gasteiger partial charge in [-0.3, -0.25) is 9.69 Å². The predicted octanol–water partition coefficient (Wildman–Crippen LogP) is 4.25. The first-order valence-corrected chi connectivity index (χ1v) is 12.6. The highest BCUT2D eigenvalue weighted by Gasteiger charge is 2.16. The maximum Gasteiger partial charge on any atom is 0.261 e. The summed E-state index contributed by atoms with van der Waals surface area (Å²) < 4.78 is 11.4. The van der Waals surface area contributed by atoms with Gasteiger partial charge in [-0.25, -0.2) is 4.98 Å². The lowest BCUT2D eigenvalue weighted by molar-refractivity contribution is 0.0322. The Kier molecular flexibility index (Phi) is 7.55. The van der Waals surface area contributed by atoms with Gasteiger partial charge in [-0.15, -0.1) is 0 Å². The van der Waals surface area contributed by atoms with Crippen molar-refractivity contribution in [3.63, 3.8) is 0 Å². The van der Waals surface area contributed by atoms with Crippen molar-refractivity contribution in [1.82, 2.24) is 19.9 Å². The first-order valence-electron chi connectivity index (χ1n) is 12.2. The molecule has 0 aliphatic carbocycles. The topological polar surface area (TPSA) is 95.3 Å². The largest absolute Gasteiger partial charge is 0.492 e. The van der Waals surface area contributed by atoms with Gasteiger partial charge >= 0.3 is 0 Å². The molecule has 1 saturated heterocycles. The van der Waals surface area contributed by atoms with E-state index in [1.54, 1.807) is 6.20 Å². The first kappa shape index (κ1) is 24.4. The minimum absolute atomic E-state index is 0.207. The van der Waals surface area contributed by atoms with Crippen molar-refractivity contribution < 1.29 is 9.47 Å². The second kappa shape index (κ2) is 11.2. The lowest BCUT2D eigenvalue weighted by Crippen LogP contribution is -2.38. The van der Waals surface area contributed by atoms with Gasteiger partial charge in [0.15, 0.2) is 0 Å². The Hall–Kier alpha value is -3.33. The molecule has 1 aliphatic heterocycles. The van der Waals surface area contributed by atoms with E-state index in [1.807, 2.05) is 49.4 Å². The van der Waals surface area contributed by atoms with E-state index in [1.165, 1.54) is 0 Å². The Bertz CT molecular complexity index is 1390. The maximum absolute atomic E-state index is 12.8. The highest BCUT2D eigenvalue weighted by Crippen LogP contribution is 2.28. The lowest BCUT2D eigenvalue weighted by atomic mass is 10.1. The van der Waals surface area contributed by atoms with E-state index in [0.717, 1.165) is 72.9 Å². The van der Waals surface area contributed by atoms with Crippen LogP contribution in [0.15, 0.2) is 53.5 Å². The van der Waals surface area contributed by atoms with E-state index in [-0.39, 0.29) is 5.56 Å². The summed E-state index contributed by atoms with van der Waals surface area (Å²) in [6, 6.07) is 13.6. The fourth-order valence-corrected chi connectivity index (χ4v) is 4.68. The number of fused-ring (bicyclic) bond motifs is 1. The van der Waals surface area contributed by atoms with E-state index in [9.17, 15) is 4.79 Å². The number of hydrogen-bond acceptors (Lipinski definition) is 6. The molecule has 8 nitrogen and oxygen atoms in total. The molecule has 1 fully saturated rings. The van der Waals surface area contributed by atoms with Gasteiger partial charge in [-0.1, -0.05) is 23.7 Å². The molecule has 0 radical (unpaired) electrons. The number of anilines is 1. The summed E-state index contributed by atoms with van der Waals surface area (Å²) in [6.45, 7) is 7.54. The number of hydrogen-bond donors (Lipinski definition) is 3. The number of nitrogens with zero attached hydrogens (tertiary/aromatic N) is 2. The number of aromatic nitrogens is 3. The van der Waals surface area contributed by atoms with E-state index >= 15 is 0 Å². The van der Waals surface area contributed by atoms with Gasteiger partial charge in [-0.2, -0.15) is 0 Å². The Morgan fingerprint density at radius 2 is 2.06 bits per heavy atom. The molecule has 2 aromatic heterocycles. The second-order valence-electron chi connectivity index (χ2n) is 8.93. The summed E-state index contributed by atoms with van der Waals surface area (Å²) in [7, 11) is 0. The molecule has 0 unspecified atom stereocenters. The van der Waals surface area contributed by atoms with Crippen LogP contribution in [0.25, 0.3) is 22.4 Å². The fourth-order valence-electron chi connectivity index (χ4n) is 4.47. The molecule has 4 aromatic rings. The molecule has 5 rings (SSSR count). The normalized spacial score (nSPS) is 14.3. The molecule has 0 amide bonds. The van der Waals surface area contributed by atoms with Crippen LogP contribution in [0.4, 0.5) is 5.69 Å². The summed E-state index contributed by atoms with van der Waals surface area (Å²) >= 11 is 6.10. The number of rotatable bonds is 9. The number of pyridine rings is 1. The Balaban J connectivity index is 1.32. The highest BCUT2D eigenvalue weighted by atomic mass is 35.5. The number of ether oxygens (including phenoxy) is 2. The van der Waals surface area contributed by atoms with Gasteiger partial charge in [0, 0.05) is 43.5 Å². The van der Waals surface area contributed by atoms with Crippen molar-refractivity contribution >= 4 is 28.3 Å². The lowest BCUT2D eigenvalue weighted by Gasteiger charge is -2.26. The van der Waals surface area contributed by atoms with E-state index in [0.29, 0.717) is 29.6 Å². The molecule has 2 aromatic carbocycles. The van der Waals surface area contributed by atoms with Crippen molar-refractivity contribution in [2.24, 2.45) is 0 Å². The molecule has 36 heavy (non-hydrogen) atoms. The van der Waals surface area contributed by atoms with Crippen molar-refractivity contribution in [2.75, 3.05) is 51.3 Å². The molecule has 3 heterocycles. The number of morpholine rings is 1. The molecule has 188 valence electrons. The van der Waals surface area contributed by atoms with Crippen LogP contribution in [0.3, 0.4) is 0 Å². The zero-order valence-electron chi connectivity index (χ0n) is 20.3. The van der Waals surface area contributed by atoms with Crippen LogP contribution < -0.4 is 15.6 Å². The predicted molar refractivity (Wildman–Crippen MR) is 143 cm³/mol. The van der Waals surface area contributed by atoms with Crippen molar-refractivity contribution in [1.29, 1.82) is 0 Å². The highest BCUT2D eigenvalue weighted by molar-refractivity contribution is 6.30. The monoisotopic (exact) mass is 507 g/mol. The van der Waals surface area contributed by atoms with Crippen LogP contribution in [-0.4, -0.2) is 65.9 Å². The average molecular weight is 508 g/mol. The molecule has 9 heteroatoms. The third-order valence-corrected chi connectivity index (χ3v) is 6.58. The van der Waals surface area contributed by atoms with Crippen LogP contribution in [0.2, 0.25) is 5.02 Å². The minimum Gasteiger partial charge on any atom is -0.492 e. The number of aryl methyl sites for hydroxylation is 1. The Labute approximate surface area is 214 Å². The van der Waals surface area contributed by atoms with Gasteiger partial charge in [0.2, 0.25) is 0 Å². The van der Waals surface area contributed by atoms with Crippen LogP contribution >= 0.6 is 11.6 Å². The van der Waals surface area contributed by atoms with Crippen molar-refractivity contribution in [3.05, 3.63) is 75.2 Å². The molecular weight excluding hydrogens is 478 g/mol. The Morgan fingerprint density at radius 3 is 2.89 bits per heavy atom. The molecule has 0 atom stereocenters. The van der Waals surface area contributed by atoms with Crippen LogP contribution in [0.1, 0.15) is 11.1 Å². The van der Waals surface area contributed by atoms with E-state index < -0.39 is 0 Å². The molecule has 1 aliphatic rings. The van der Waals surface area contributed by atoms with Gasteiger partial charge < -0.3 is 24.8 Å². The first-order chi connectivity index (χ1) is 17.6. The van der Waals surface area contributed by atoms with Gasteiger partial charge in [0.05, 0.1) is 29.9 Å². The third kappa shape index (κ3) is 5.73. The van der Waals surface area contributed by atoms with Crippen LogP contribution in [0, 0.1) is 6.92 Å². The van der Waals surface area contributed by atoms with Crippen LogP contribution in [-0.2, 0) is 11.2 Å². The second-order valence-corrected chi connectivity index (χ2v) is 9.36. The zero-order chi connectivity index (χ0) is 24.9. The van der Waals surface area contributed by atoms with Crippen LogP contribution in [0.5, 0.6) is 5.75 Å². The van der Waals surface area contributed by atoms with Gasteiger partial charge in [-0.05, 0) is 48.7 Å². The van der Waals surface area contributed by atoms with E-state index in [2.05, 4.69) is 20.2 Å². The average Bonchev–Trinajstić information content (AvgIpc) is 3.29. The standard InChI is InChI=1S/C27H30ClN5O3/c1-18-15-21(36-14-11-33-9-12-35-13-10-33)17-23-25(18)32-26(31-23)24-22(6-8-30-27(24)34)29-7-5-19-3-2-4-20(28)16-19/h2-4,6,8,15-17H,5,7,9-14H2,1H3,(H,31,32)(H2,29,30,34).